The van der Waals surface area contributed by atoms with E-state index < -0.39 is 10.0 Å². The molecule has 0 radical (unpaired) electrons. The number of halogens is 2. The van der Waals surface area contributed by atoms with Crippen LogP contribution in [0.3, 0.4) is 0 Å². The summed E-state index contributed by atoms with van der Waals surface area (Å²) in [5, 5.41) is 0.512. The van der Waals surface area contributed by atoms with E-state index in [1.807, 2.05) is 0 Å². The molecule has 1 aliphatic heterocycles. The number of sulfonamides is 1. The molecular formula is C18H18Cl2N2O4S. The van der Waals surface area contributed by atoms with Crippen molar-refractivity contribution in [2.45, 2.75) is 4.90 Å². The number of rotatable bonds is 5. The molecule has 0 unspecified atom stereocenters. The predicted molar refractivity (Wildman–Crippen MR) is 105 cm³/mol. The number of nitrogens with zero attached hydrogens (tertiary/aromatic N) is 2. The lowest BCUT2D eigenvalue weighted by atomic mass is 10.3. The highest BCUT2D eigenvalue weighted by atomic mass is 35.5. The maximum Gasteiger partial charge on any atom is 0.264 e. The summed E-state index contributed by atoms with van der Waals surface area (Å²) in [4.78, 5) is 14.4. The zero-order valence-corrected chi connectivity index (χ0v) is 16.7. The van der Waals surface area contributed by atoms with Gasteiger partial charge in [0.05, 0.1) is 33.8 Å². The summed E-state index contributed by atoms with van der Waals surface area (Å²) in [6.45, 7) is 1.39. The van der Waals surface area contributed by atoms with Crippen LogP contribution < -0.4 is 4.31 Å². The van der Waals surface area contributed by atoms with Gasteiger partial charge in [-0.1, -0.05) is 41.4 Å². The van der Waals surface area contributed by atoms with Crippen molar-refractivity contribution in [1.82, 2.24) is 4.90 Å². The molecule has 1 fully saturated rings. The summed E-state index contributed by atoms with van der Waals surface area (Å²) < 4.78 is 32.7. The Morgan fingerprint density at radius 2 is 1.70 bits per heavy atom. The Bertz CT molecular complexity index is 916. The first-order valence-corrected chi connectivity index (χ1v) is 10.5. The molecule has 1 amide bonds. The van der Waals surface area contributed by atoms with Crippen molar-refractivity contribution in [3.63, 3.8) is 0 Å². The Morgan fingerprint density at radius 3 is 2.33 bits per heavy atom. The Labute approximate surface area is 168 Å². The van der Waals surface area contributed by atoms with Crippen LogP contribution in [-0.4, -0.2) is 52.1 Å². The number of benzene rings is 2. The molecular weight excluding hydrogens is 411 g/mol. The summed E-state index contributed by atoms with van der Waals surface area (Å²) in [7, 11) is -3.96. The summed E-state index contributed by atoms with van der Waals surface area (Å²) in [6.07, 6.45) is 0. The lowest BCUT2D eigenvalue weighted by Crippen LogP contribution is -2.47. The maximum atomic E-state index is 13.2. The van der Waals surface area contributed by atoms with Gasteiger partial charge in [0, 0.05) is 13.1 Å². The number of hydrogen-bond acceptors (Lipinski definition) is 4. The summed E-state index contributed by atoms with van der Waals surface area (Å²) in [5.74, 6) is -0.302. The fraction of sp³-hybridized carbons (Fsp3) is 0.278. The smallest absolute Gasteiger partial charge is 0.264 e. The van der Waals surface area contributed by atoms with E-state index in [2.05, 4.69) is 0 Å². The van der Waals surface area contributed by atoms with E-state index in [-0.39, 0.29) is 28.1 Å². The van der Waals surface area contributed by atoms with E-state index >= 15 is 0 Å². The molecule has 1 saturated heterocycles. The third-order valence-corrected chi connectivity index (χ3v) is 6.69. The number of amides is 1. The van der Waals surface area contributed by atoms with Gasteiger partial charge in [-0.15, -0.1) is 0 Å². The second-order valence-electron chi connectivity index (χ2n) is 5.92. The minimum Gasteiger partial charge on any atom is -0.378 e. The number of morpholine rings is 1. The summed E-state index contributed by atoms with van der Waals surface area (Å²) in [5.41, 5.74) is 0.273. The largest absolute Gasteiger partial charge is 0.378 e. The molecule has 3 rings (SSSR count). The topological polar surface area (TPSA) is 66.9 Å². The van der Waals surface area contributed by atoms with Gasteiger partial charge in [0.25, 0.3) is 10.0 Å². The van der Waals surface area contributed by atoms with E-state index in [0.717, 1.165) is 4.31 Å². The zero-order valence-electron chi connectivity index (χ0n) is 14.3. The second-order valence-corrected chi connectivity index (χ2v) is 8.59. The van der Waals surface area contributed by atoms with Gasteiger partial charge in [0.1, 0.15) is 6.54 Å². The van der Waals surface area contributed by atoms with Crippen molar-refractivity contribution in [3.8, 4) is 0 Å². The molecule has 2 aromatic rings. The fourth-order valence-corrected chi connectivity index (χ4v) is 4.43. The molecule has 9 heteroatoms. The predicted octanol–water partition coefficient (Wildman–Crippen LogP) is 3.05. The SMILES string of the molecule is O=C(CN(c1ccc(Cl)c(Cl)c1)S(=O)(=O)c1ccccc1)N1CCOCC1. The molecule has 1 aliphatic rings. The van der Waals surface area contributed by atoms with Gasteiger partial charge in [-0.2, -0.15) is 0 Å². The number of carbonyl (C=O) groups is 1. The lowest BCUT2D eigenvalue weighted by molar-refractivity contribution is -0.133. The molecule has 0 aromatic heterocycles. The summed E-state index contributed by atoms with van der Waals surface area (Å²) >= 11 is 12.0. The highest BCUT2D eigenvalue weighted by Crippen LogP contribution is 2.30. The standard InChI is InChI=1S/C18H18Cl2N2O4S/c19-16-7-6-14(12-17(16)20)22(13-18(23)21-8-10-26-11-9-21)27(24,25)15-4-2-1-3-5-15/h1-7,12H,8-11,13H2. The van der Waals surface area contributed by atoms with Crippen molar-refractivity contribution in [1.29, 1.82) is 0 Å². The van der Waals surface area contributed by atoms with Crippen molar-refractivity contribution in [3.05, 3.63) is 58.6 Å². The molecule has 1 heterocycles. The van der Waals surface area contributed by atoms with Gasteiger partial charge in [0.15, 0.2) is 0 Å². The first-order chi connectivity index (χ1) is 12.9. The Balaban J connectivity index is 1.98. The number of ether oxygens (including phenoxy) is 1. The first-order valence-electron chi connectivity index (χ1n) is 8.28. The van der Waals surface area contributed by atoms with Crippen LogP contribution in [0.25, 0.3) is 0 Å². The van der Waals surface area contributed by atoms with E-state index in [1.165, 1.54) is 30.3 Å². The van der Waals surface area contributed by atoms with Crippen molar-refractivity contribution >= 4 is 44.8 Å². The zero-order chi connectivity index (χ0) is 19.4. The minimum absolute atomic E-state index is 0.0887. The van der Waals surface area contributed by atoms with E-state index in [4.69, 9.17) is 27.9 Å². The highest BCUT2D eigenvalue weighted by Gasteiger charge is 2.29. The molecule has 0 N–H and O–H groups in total. The summed E-state index contributed by atoms with van der Waals surface area (Å²) in [6, 6.07) is 12.4. The Morgan fingerprint density at radius 1 is 1.04 bits per heavy atom. The van der Waals surface area contributed by atoms with Gasteiger partial charge >= 0.3 is 0 Å². The van der Waals surface area contributed by atoms with Gasteiger partial charge in [-0.25, -0.2) is 8.42 Å². The van der Waals surface area contributed by atoms with Crippen molar-refractivity contribution in [2.75, 3.05) is 37.2 Å². The third kappa shape index (κ3) is 4.55. The van der Waals surface area contributed by atoms with Gasteiger partial charge in [0.2, 0.25) is 5.91 Å². The highest BCUT2D eigenvalue weighted by molar-refractivity contribution is 7.92. The molecule has 0 bridgehead atoms. The van der Waals surface area contributed by atoms with E-state index in [1.54, 1.807) is 23.1 Å². The first kappa shape index (κ1) is 19.9. The molecule has 0 saturated carbocycles. The van der Waals surface area contributed by atoms with Crippen LogP contribution >= 0.6 is 23.2 Å². The van der Waals surface area contributed by atoms with Crippen molar-refractivity contribution < 1.29 is 17.9 Å². The molecule has 6 nitrogen and oxygen atoms in total. The van der Waals surface area contributed by atoms with E-state index in [9.17, 15) is 13.2 Å². The number of carbonyl (C=O) groups excluding carboxylic acids is 1. The molecule has 2 aromatic carbocycles. The molecule has 144 valence electrons. The monoisotopic (exact) mass is 428 g/mol. The van der Waals surface area contributed by atoms with Crippen LogP contribution in [0.2, 0.25) is 10.0 Å². The van der Waals surface area contributed by atoms with Gasteiger partial charge in [-0.05, 0) is 30.3 Å². The van der Waals surface area contributed by atoms with Gasteiger partial charge in [-0.3, -0.25) is 9.10 Å². The average molecular weight is 429 g/mol. The normalized spacial score (nSPS) is 14.8. The van der Waals surface area contributed by atoms with Crippen LogP contribution in [0, 0.1) is 0 Å². The fourth-order valence-electron chi connectivity index (χ4n) is 2.71. The maximum absolute atomic E-state index is 13.2. The molecule has 0 spiro atoms. The third-order valence-electron chi connectivity index (χ3n) is 4.17. The number of anilines is 1. The minimum atomic E-state index is -3.96. The average Bonchev–Trinajstić information content (AvgIpc) is 2.69. The van der Waals surface area contributed by atoms with Crippen LogP contribution in [0.5, 0.6) is 0 Å². The molecule has 0 atom stereocenters. The quantitative estimate of drug-likeness (QED) is 0.733. The Kier molecular flexibility index (Phi) is 6.26. The molecule has 0 aliphatic carbocycles. The van der Waals surface area contributed by atoms with Crippen LogP contribution in [0.15, 0.2) is 53.4 Å². The van der Waals surface area contributed by atoms with Crippen LogP contribution in [0.1, 0.15) is 0 Å². The Hall–Kier alpha value is -1.80. The van der Waals surface area contributed by atoms with Crippen molar-refractivity contribution in [2.24, 2.45) is 0 Å². The second kappa shape index (κ2) is 8.48. The number of hydrogen-bond donors (Lipinski definition) is 0. The van der Waals surface area contributed by atoms with Crippen LogP contribution in [-0.2, 0) is 19.6 Å². The lowest BCUT2D eigenvalue weighted by Gasteiger charge is -2.30. The van der Waals surface area contributed by atoms with Gasteiger partial charge < -0.3 is 9.64 Å². The van der Waals surface area contributed by atoms with Crippen LogP contribution in [0.4, 0.5) is 5.69 Å². The van der Waals surface area contributed by atoms with E-state index in [0.29, 0.717) is 31.3 Å². The molecule has 27 heavy (non-hydrogen) atoms.